The van der Waals surface area contributed by atoms with E-state index in [1.54, 1.807) is 6.07 Å². The highest BCUT2D eigenvalue weighted by atomic mass is 19.2. The summed E-state index contributed by atoms with van der Waals surface area (Å²) in [6, 6.07) is 15.6. The monoisotopic (exact) mass is 468 g/mol. The molecule has 0 heterocycles. The van der Waals surface area contributed by atoms with Crippen LogP contribution in [0.1, 0.15) is 56.6 Å². The van der Waals surface area contributed by atoms with Gasteiger partial charge in [0, 0.05) is 11.6 Å². The Bertz CT molecular complexity index is 1100. The van der Waals surface area contributed by atoms with E-state index in [0.29, 0.717) is 24.5 Å². The Labute approximate surface area is 199 Å². The zero-order valence-corrected chi connectivity index (χ0v) is 19.8. The topological polar surface area (TPSA) is 18.5 Å². The molecule has 5 heteroatoms. The molecular weight excluding hydrogens is 437 g/mol. The molecule has 1 saturated carbocycles. The summed E-state index contributed by atoms with van der Waals surface area (Å²) in [4.78, 5) is 0. The predicted octanol–water partition coefficient (Wildman–Crippen LogP) is 8.08. The minimum atomic E-state index is -0.956. The van der Waals surface area contributed by atoms with Crippen LogP contribution in [-0.2, 0) is 6.42 Å². The fourth-order valence-corrected chi connectivity index (χ4v) is 4.73. The second kappa shape index (κ2) is 11.0. The van der Waals surface area contributed by atoms with Gasteiger partial charge in [0.1, 0.15) is 11.6 Å². The first-order valence-corrected chi connectivity index (χ1v) is 12.1. The Kier molecular flexibility index (Phi) is 7.81. The largest absolute Gasteiger partial charge is 0.494 e. The van der Waals surface area contributed by atoms with Crippen molar-refractivity contribution in [2.75, 3.05) is 13.2 Å². The third-order valence-corrected chi connectivity index (χ3v) is 6.76. The molecule has 0 amide bonds. The second-order valence-corrected chi connectivity index (χ2v) is 8.93. The van der Waals surface area contributed by atoms with E-state index in [-0.39, 0.29) is 29.0 Å². The first-order chi connectivity index (χ1) is 16.5. The van der Waals surface area contributed by atoms with Crippen molar-refractivity contribution < 1.29 is 22.6 Å². The first-order valence-electron chi connectivity index (χ1n) is 12.1. The highest BCUT2D eigenvalue weighted by Crippen LogP contribution is 2.38. The van der Waals surface area contributed by atoms with Gasteiger partial charge in [-0.15, -0.1) is 0 Å². The summed E-state index contributed by atoms with van der Waals surface area (Å²) < 4.78 is 55.0. The van der Waals surface area contributed by atoms with Crippen LogP contribution in [0, 0.1) is 23.4 Å². The maximum Gasteiger partial charge on any atom is 0.201 e. The molecule has 0 aliphatic heterocycles. The van der Waals surface area contributed by atoms with Crippen LogP contribution in [0.2, 0.25) is 0 Å². The predicted molar refractivity (Wildman–Crippen MR) is 129 cm³/mol. The average molecular weight is 469 g/mol. The Morgan fingerprint density at radius 1 is 0.794 bits per heavy atom. The van der Waals surface area contributed by atoms with Crippen LogP contribution in [0.25, 0.3) is 11.1 Å². The van der Waals surface area contributed by atoms with Gasteiger partial charge in [-0.3, -0.25) is 0 Å². The summed E-state index contributed by atoms with van der Waals surface area (Å²) in [5.74, 6) is -1.22. The Morgan fingerprint density at radius 3 is 2.18 bits per heavy atom. The van der Waals surface area contributed by atoms with Gasteiger partial charge in [-0.25, -0.2) is 8.78 Å². The second-order valence-electron chi connectivity index (χ2n) is 8.93. The zero-order valence-electron chi connectivity index (χ0n) is 19.8. The molecular formula is C29H31F3O2. The number of halogens is 3. The molecule has 1 aliphatic carbocycles. The van der Waals surface area contributed by atoms with E-state index >= 15 is 0 Å². The lowest BCUT2D eigenvalue weighted by molar-refractivity contribution is 0.192. The normalized spacial score (nSPS) is 18.0. The fraction of sp³-hybridized carbons (Fsp3) is 0.379. The molecule has 0 N–H and O–H groups in total. The van der Waals surface area contributed by atoms with Crippen molar-refractivity contribution in [2.24, 2.45) is 5.92 Å². The summed E-state index contributed by atoms with van der Waals surface area (Å²) >= 11 is 0. The lowest BCUT2D eigenvalue weighted by Gasteiger charge is -2.29. The molecule has 3 aromatic carbocycles. The van der Waals surface area contributed by atoms with E-state index in [1.807, 2.05) is 50.2 Å². The quantitative estimate of drug-likeness (QED) is 0.333. The number of benzene rings is 3. The summed E-state index contributed by atoms with van der Waals surface area (Å²) in [6.45, 7) is 4.74. The Morgan fingerprint density at radius 2 is 1.53 bits per heavy atom. The highest BCUT2D eigenvalue weighted by Gasteiger charge is 2.26. The van der Waals surface area contributed by atoms with E-state index in [2.05, 4.69) is 0 Å². The molecule has 0 unspecified atom stereocenters. The molecule has 0 radical (unpaired) electrons. The molecule has 0 bridgehead atoms. The van der Waals surface area contributed by atoms with Crippen molar-refractivity contribution >= 4 is 0 Å². The third-order valence-electron chi connectivity index (χ3n) is 6.76. The molecule has 3 aromatic rings. The Hall–Kier alpha value is -2.95. The number of hydrogen-bond donors (Lipinski definition) is 0. The van der Waals surface area contributed by atoms with Crippen molar-refractivity contribution in [1.29, 1.82) is 0 Å². The average Bonchev–Trinajstić information content (AvgIpc) is 2.86. The van der Waals surface area contributed by atoms with Gasteiger partial charge < -0.3 is 9.47 Å². The molecule has 0 saturated heterocycles. The molecule has 180 valence electrons. The van der Waals surface area contributed by atoms with Gasteiger partial charge in [-0.2, -0.15) is 4.39 Å². The van der Waals surface area contributed by atoms with Crippen LogP contribution in [0.4, 0.5) is 13.2 Å². The van der Waals surface area contributed by atoms with Crippen molar-refractivity contribution in [3.05, 3.63) is 83.2 Å². The van der Waals surface area contributed by atoms with E-state index in [1.165, 1.54) is 12.1 Å². The van der Waals surface area contributed by atoms with Crippen molar-refractivity contribution in [2.45, 2.75) is 51.9 Å². The summed E-state index contributed by atoms with van der Waals surface area (Å²) in [6.07, 6.45) is 4.26. The SMILES string of the molecule is CCOc1ccc(C2CCC(COc3ccc(-c4ccc(CC)cc4)c(F)c3F)CC2)c(F)c1. The third kappa shape index (κ3) is 5.40. The Balaban J connectivity index is 1.34. The fourth-order valence-electron chi connectivity index (χ4n) is 4.73. The van der Waals surface area contributed by atoms with E-state index in [0.717, 1.165) is 43.2 Å². The molecule has 0 spiro atoms. The van der Waals surface area contributed by atoms with Crippen LogP contribution in [-0.4, -0.2) is 13.2 Å². The lowest BCUT2D eigenvalue weighted by Crippen LogP contribution is -2.20. The number of rotatable bonds is 8. The highest BCUT2D eigenvalue weighted by molar-refractivity contribution is 5.65. The van der Waals surface area contributed by atoms with Crippen LogP contribution in [0.15, 0.2) is 54.6 Å². The van der Waals surface area contributed by atoms with Gasteiger partial charge in [0.2, 0.25) is 5.82 Å². The van der Waals surface area contributed by atoms with Gasteiger partial charge in [0.25, 0.3) is 0 Å². The van der Waals surface area contributed by atoms with Crippen LogP contribution < -0.4 is 9.47 Å². The van der Waals surface area contributed by atoms with Crippen LogP contribution in [0.5, 0.6) is 11.5 Å². The lowest BCUT2D eigenvalue weighted by atomic mass is 9.79. The number of hydrogen-bond acceptors (Lipinski definition) is 2. The van der Waals surface area contributed by atoms with Gasteiger partial charge in [-0.1, -0.05) is 37.3 Å². The van der Waals surface area contributed by atoms with Crippen LogP contribution >= 0.6 is 0 Å². The maximum atomic E-state index is 14.7. The molecule has 4 rings (SSSR count). The molecule has 0 atom stereocenters. The summed E-state index contributed by atoms with van der Waals surface area (Å²) in [5.41, 5.74) is 2.73. The molecule has 2 nitrogen and oxygen atoms in total. The van der Waals surface area contributed by atoms with Gasteiger partial charge >= 0.3 is 0 Å². The first kappa shape index (κ1) is 24.2. The van der Waals surface area contributed by atoms with Gasteiger partial charge in [-0.05, 0) is 85.8 Å². The number of ether oxygens (including phenoxy) is 2. The van der Waals surface area contributed by atoms with Gasteiger partial charge in [0.05, 0.1) is 13.2 Å². The van der Waals surface area contributed by atoms with Crippen molar-refractivity contribution in [3.8, 4) is 22.6 Å². The summed E-state index contributed by atoms with van der Waals surface area (Å²) in [5, 5.41) is 0. The standard InChI is InChI=1S/C29H31F3O2/c1-3-19-5-9-22(10-6-19)25-15-16-27(29(32)28(25)31)34-18-20-7-11-21(12-8-20)24-14-13-23(33-4-2)17-26(24)30/h5-6,9-10,13-17,20-21H,3-4,7-8,11-12,18H2,1-2H3. The molecule has 1 aliphatic rings. The van der Waals surface area contributed by atoms with E-state index in [4.69, 9.17) is 9.47 Å². The number of aryl methyl sites for hydroxylation is 1. The smallest absolute Gasteiger partial charge is 0.201 e. The van der Waals surface area contributed by atoms with Crippen LogP contribution in [0.3, 0.4) is 0 Å². The minimum absolute atomic E-state index is 0.0638. The molecule has 1 fully saturated rings. The molecule has 0 aromatic heterocycles. The van der Waals surface area contributed by atoms with Crippen molar-refractivity contribution in [1.82, 2.24) is 0 Å². The molecule has 34 heavy (non-hydrogen) atoms. The zero-order chi connectivity index (χ0) is 24.1. The minimum Gasteiger partial charge on any atom is -0.494 e. The van der Waals surface area contributed by atoms with Crippen molar-refractivity contribution in [3.63, 3.8) is 0 Å². The van der Waals surface area contributed by atoms with E-state index < -0.39 is 11.6 Å². The van der Waals surface area contributed by atoms with E-state index in [9.17, 15) is 13.2 Å². The maximum absolute atomic E-state index is 14.7. The van der Waals surface area contributed by atoms with Gasteiger partial charge in [0.15, 0.2) is 11.6 Å². The summed E-state index contributed by atoms with van der Waals surface area (Å²) in [7, 11) is 0.